The Labute approximate surface area is 96.4 Å². The summed E-state index contributed by atoms with van der Waals surface area (Å²) in [5.41, 5.74) is 0.664. The Hall–Kier alpha value is -2.01. The van der Waals surface area contributed by atoms with Gasteiger partial charge in [0.05, 0.1) is 6.07 Å². The van der Waals surface area contributed by atoms with E-state index in [1.807, 2.05) is 0 Å². The normalized spacial score (nSPS) is 10.1. The Morgan fingerprint density at radius 1 is 1.06 bits per heavy atom. The number of benzene rings is 1. The minimum atomic E-state index is -0.308. The third kappa shape index (κ3) is 2.52. The maximum absolute atomic E-state index is 9.15. The highest BCUT2D eigenvalue weighted by Gasteiger charge is 2.03. The second-order valence-corrected chi connectivity index (χ2v) is 3.48. The summed E-state index contributed by atoms with van der Waals surface area (Å²) in [4.78, 5) is 7.38. The van der Waals surface area contributed by atoms with E-state index in [1.54, 1.807) is 24.3 Å². The molecule has 0 saturated carbocycles. The summed E-state index contributed by atoms with van der Waals surface area (Å²) in [6.45, 7) is 0. The minimum absolute atomic E-state index is 0.0970. The number of rotatable bonds is 2. The number of aromatic hydroxyl groups is 2. The van der Waals surface area contributed by atoms with Gasteiger partial charge in [0.25, 0.3) is 0 Å². The molecule has 1 heterocycles. The van der Waals surface area contributed by atoms with E-state index in [0.717, 1.165) is 6.07 Å². The van der Waals surface area contributed by atoms with Crippen LogP contribution >= 0.6 is 11.6 Å². The van der Waals surface area contributed by atoms with Crippen LogP contribution in [0.1, 0.15) is 0 Å². The van der Waals surface area contributed by atoms with Crippen molar-refractivity contribution < 1.29 is 10.2 Å². The Morgan fingerprint density at radius 2 is 1.75 bits per heavy atom. The van der Waals surface area contributed by atoms with Crippen LogP contribution in [0, 0.1) is 0 Å². The van der Waals surface area contributed by atoms with Gasteiger partial charge in [0.1, 0.15) is 0 Å². The fraction of sp³-hybridized carbons (Fsp3) is 0. The molecule has 16 heavy (non-hydrogen) atoms. The van der Waals surface area contributed by atoms with Gasteiger partial charge in [0, 0.05) is 10.7 Å². The molecule has 0 spiro atoms. The summed E-state index contributed by atoms with van der Waals surface area (Å²) < 4.78 is 0. The molecule has 82 valence electrons. The van der Waals surface area contributed by atoms with Crippen LogP contribution in [0.4, 0.5) is 11.6 Å². The maximum atomic E-state index is 9.15. The summed E-state index contributed by atoms with van der Waals surface area (Å²) in [5, 5.41) is 21.7. The summed E-state index contributed by atoms with van der Waals surface area (Å²) in [7, 11) is 0. The quantitative estimate of drug-likeness (QED) is 0.747. The summed E-state index contributed by atoms with van der Waals surface area (Å²) >= 11 is 5.79. The molecular weight excluding hydrogens is 230 g/mol. The van der Waals surface area contributed by atoms with Gasteiger partial charge >= 0.3 is 0 Å². The Morgan fingerprint density at radius 3 is 2.38 bits per heavy atom. The van der Waals surface area contributed by atoms with E-state index < -0.39 is 0 Å². The van der Waals surface area contributed by atoms with Gasteiger partial charge in [-0.15, -0.1) is 0 Å². The molecule has 0 saturated heterocycles. The van der Waals surface area contributed by atoms with Crippen molar-refractivity contribution in [3.05, 3.63) is 35.4 Å². The first-order valence-electron chi connectivity index (χ1n) is 4.43. The van der Waals surface area contributed by atoms with E-state index in [2.05, 4.69) is 15.3 Å². The monoisotopic (exact) mass is 237 g/mol. The average Bonchev–Trinajstić information content (AvgIpc) is 2.15. The number of aromatic nitrogens is 2. The highest BCUT2D eigenvalue weighted by molar-refractivity contribution is 6.30. The zero-order valence-electron chi connectivity index (χ0n) is 8.05. The van der Waals surface area contributed by atoms with Gasteiger partial charge in [-0.3, -0.25) is 0 Å². The highest BCUT2D eigenvalue weighted by atomic mass is 35.5. The zero-order valence-corrected chi connectivity index (χ0v) is 8.81. The Kier molecular flexibility index (Phi) is 2.78. The van der Waals surface area contributed by atoms with Gasteiger partial charge < -0.3 is 15.5 Å². The largest absolute Gasteiger partial charge is 0.493 e. The SMILES string of the molecule is Oc1cc(O)nc(Nc2cccc(Cl)c2)n1. The number of hydrogen-bond acceptors (Lipinski definition) is 5. The molecule has 0 fully saturated rings. The zero-order chi connectivity index (χ0) is 11.5. The molecule has 2 rings (SSSR count). The minimum Gasteiger partial charge on any atom is -0.493 e. The Balaban J connectivity index is 2.27. The van der Waals surface area contributed by atoms with Crippen molar-refractivity contribution in [2.75, 3.05) is 5.32 Å². The molecule has 1 aromatic carbocycles. The van der Waals surface area contributed by atoms with Crippen molar-refractivity contribution in [3.63, 3.8) is 0 Å². The molecule has 0 aliphatic rings. The van der Waals surface area contributed by atoms with Gasteiger partial charge in [-0.2, -0.15) is 9.97 Å². The predicted molar refractivity (Wildman–Crippen MR) is 60.1 cm³/mol. The van der Waals surface area contributed by atoms with Gasteiger partial charge in [-0.1, -0.05) is 17.7 Å². The van der Waals surface area contributed by atoms with Crippen LogP contribution in [0.15, 0.2) is 30.3 Å². The number of nitrogens with zero attached hydrogens (tertiary/aromatic N) is 2. The topological polar surface area (TPSA) is 78.3 Å². The van der Waals surface area contributed by atoms with E-state index in [0.29, 0.717) is 10.7 Å². The number of hydrogen-bond donors (Lipinski definition) is 3. The first-order chi connectivity index (χ1) is 7.63. The van der Waals surface area contributed by atoms with Crippen LogP contribution < -0.4 is 5.32 Å². The molecule has 0 unspecified atom stereocenters. The third-order valence-electron chi connectivity index (χ3n) is 1.78. The molecular formula is C10H8ClN3O2. The molecule has 0 aliphatic carbocycles. The van der Waals surface area contributed by atoms with Crippen LogP contribution in [0.25, 0.3) is 0 Å². The molecule has 0 bridgehead atoms. The van der Waals surface area contributed by atoms with Gasteiger partial charge in [-0.25, -0.2) is 0 Å². The van der Waals surface area contributed by atoms with Crippen molar-refractivity contribution in [1.29, 1.82) is 0 Å². The van der Waals surface area contributed by atoms with E-state index in [9.17, 15) is 0 Å². The highest BCUT2D eigenvalue weighted by Crippen LogP contribution is 2.21. The molecule has 2 aromatic rings. The number of halogens is 1. The van der Waals surface area contributed by atoms with Crippen molar-refractivity contribution in [2.45, 2.75) is 0 Å². The smallest absolute Gasteiger partial charge is 0.233 e. The lowest BCUT2D eigenvalue weighted by Crippen LogP contribution is -1.96. The lowest BCUT2D eigenvalue weighted by Gasteiger charge is -2.05. The lowest BCUT2D eigenvalue weighted by atomic mass is 10.3. The van der Waals surface area contributed by atoms with E-state index >= 15 is 0 Å². The average molecular weight is 238 g/mol. The van der Waals surface area contributed by atoms with E-state index in [1.165, 1.54) is 0 Å². The fourth-order valence-corrected chi connectivity index (χ4v) is 1.36. The molecule has 0 atom stereocenters. The molecule has 0 amide bonds. The van der Waals surface area contributed by atoms with Gasteiger partial charge in [0.2, 0.25) is 17.7 Å². The number of anilines is 2. The van der Waals surface area contributed by atoms with E-state index in [4.69, 9.17) is 21.8 Å². The van der Waals surface area contributed by atoms with Crippen molar-refractivity contribution in [2.24, 2.45) is 0 Å². The molecule has 5 nitrogen and oxygen atoms in total. The van der Waals surface area contributed by atoms with Gasteiger partial charge in [0.15, 0.2) is 0 Å². The molecule has 0 aliphatic heterocycles. The Bertz CT molecular complexity index is 499. The fourth-order valence-electron chi connectivity index (χ4n) is 1.17. The first kappa shape index (κ1) is 10.5. The maximum Gasteiger partial charge on any atom is 0.233 e. The second kappa shape index (κ2) is 4.24. The number of nitrogens with one attached hydrogen (secondary N) is 1. The second-order valence-electron chi connectivity index (χ2n) is 3.04. The van der Waals surface area contributed by atoms with Crippen LogP contribution in [-0.2, 0) is 0 Å². The summed E-state index contributed by atoms with van der Waals surface area (Å²) in [5.74, 6) is -0.520. The van der Waals surface area contributed by atoms with Crippen molar-refractivity contribution in [1.82, 2.24) is 9.97 Å². The summed E-state index contributed by atoms with van der Waals surface area (Å²) in [6.07, 6.45) is 0. The molecule has 1 aromatic heterocycles. The summed E-state index contributed by atoms with van der Waals surface area (Å²) in [6, 6.07) is 7.96. The molecule has 3 N–H and O–H groups in total. The van der Waals surface area contributed by atoms with Crippen molar-refractivity contribution >= 4 is 23.2 Å². The third-order valence-corrected chi connectivity index (χ3v) is 2.01. The van der Waals surface area contributed by atoms with Crippen molar-refractivity contribution in [3.8, 4) is 11.8 Å². The standard InChI is InChI=1S/C10H8ClN3O2/c11-6-2-1-3-7(4-6)12-10-13-8(15)5-9(16)14-10/h1-5H,(H3,12,13,14,15,16). The molecule has 0 radical (unpaired) electrons. The van der Waals surface area contributed by atoms with Crippen LogP contribution in [-0.4, -0.2) is 20.2 Å². The first-order valence-corrected chi connectivity index (χ1v) is 4.81. The molecule has 6 heteroatoms. The lowest BCUT2D eigenvalue weighted by molar-refractivity contribution is 0.423. The predicted octanol–water partition coefficient (Wildman–Crippen LogP) is 2.28. The van der Waals surface area contributed by atoms with Crippen LogP contribution in [0.2, 0.25) is 5.02 Å². The van der Waals surface area contributed by atoms with Crippen LogP contribution in [0.5, 0.6) is 11.8 Å². The van der Waals surface area contributed by atoms with Crippen LogP contribution in [0.3, 0.4) is 0 Å². The van der Waals surface area contributed by atoms with E-state index in [-0.39, 0.29) is 17.7 Å². The van der Waals surface area contributed by atoms with Gasteiger partial charge in [-0.05, 0) is 18.2 Å².